The SMILES string of the molecule is O=C(Cn1cncc1C1CNC1)N1CCCCC1. The van der Waals surface area contributed by atoms with Gasteiger partial charge in [0.05, 0.1) is 6.33 Å². The number of piperidine rings is 1. The summed E-state index contributed by atoms with van der Waals surface area (Å²) in [4.78, 5) is 18.4. The van der Waals surface area contributed by atoms with E-state index in [0.29, 0.717) is 12.5 Å². The van der Waals surface area contributed by atoms with E-state index in [1.165, 1.54) is 12.1 Å². The Labute approximate surface area is 107 Å². The molecule has 0 radical (unpaired) electrons. The number of aromatic nitrogens is 2. The van der Waals surface area contributed by atoms with Crippen molar-refractivity contribution >= 4 is 5.91 Å². The van der Waals surface area contributed by atoms with Gasteiger partial charge in [0, 0.05) is 44.0 Å². The van der Waals surface area contributed by atoms with Crippen molar-refractivity contribution in [3.8, 4) is 0 Å². The molecule has 0 aliphatic carbocycles. The maximum absolute atomic E-state index is 12.2. The van der Waals surface area contributed by atoms with Crippen molar-refractivity contribution in [3.05, 3.63) is 18.2 Å². The lowest BCUT2D eigenvalue weighted by atomic mass is 10.00. The Balaban J connectivity index is 1.64. The monoisotopic (exact) mass is 248 g/mol. The average molecular weight is 248 g/mol. The van der Waals surface area contributed by atoms with Crippen molar-refractivity contribution in [2.45, 2.75) is 31.7 Å². The molecule has 5 heteroatoms. The van der Waals surface area contributed by atoms with Gasteiger partial charge in [-0.3, -0.25) is 4.79 Å². The first kappa shape index (κ1) is 11.7. The first-order valence-electron chi connectivity index (χ1n) is 6.83. The molecule has 3 rings (SSSR count). The van der Waals surface area contributed by atoms with Crippen LogP contribution in [0, 0.1) is 0 Å². The summed E-state index contributed by atoms with van der Waals surface area (Å²) in [5, 5.41) is 3.26. The second-order valence-electron chi connectivity index (χ2n) is 5.24. The molecule has 98 valence electrons. The number of nitrogens with zero attached hydrogens (tertiary/aromatic N) is 3. The van der Waals surface area contributed by atoms with Gasteiger partial charge in [-0.25, -0.2) is 4.98 Å². The van der Waals surface area contributed by atoms with Crippen LogP contribution in [0.4, 0.5) is 0 Å². The highest BCUT2D eigenvalue weighted by molar-refractivity contribution is 5.76. The second-order valence-corrected chi connectivity index (χ2v) is 5.24. The summed E-state index contributed by atoms with van der Waals surface area (Å²) >= 11 is 0. The largest absolute Gasteiger partial charge is 0.341 e. The third kappa shape index (κ3) is 2.27. The Kier molecular flexibility index (Phi) is 3.32. The van der Waals surface area contributed by atoms with E-state index < -0.39 is 0 Å². The Hall–Kier alpha value is -1.36. The van der Waals surface area contributed by atoms with Gasteiger partial charge in [-0.2, -0.15) is 0 Å². The fourth-order valence-electron chi connectivity index (χ4n) is 2.69. The van der Waals surface area contributed by atoms with E-state index in [0.717, 1.165) is 39.0 Å². The standard InChI is InChI=1S/C13H20N4O/c18-13(16-4-2-1-3-5-16)9-17-10-15-8-12(17)11-6-14-7-11/h8,10-11,14H,1-7,9H2. The van der Waals surface area contributed by atoms with Crippen molar-refractivity contribution in [2.75, 3.05) is 26.2 Å². The highest BCUT2D eigenvalue weighted by atomic mass is 16.2. The molecule has 0 aromatic carbocycles. The van der Waals surface area contributed by atoms with E-state index in [1.54, 1.807) is 6.33 Å². The molecule has 2 saturated heterocycles. The van der Waals surface area contributed by atoms with Crippen LogP contribution in [0.1, 0.15) is 30.9 Å². The molecule has 0 unspecified atom stereocenters. The van der Waals surface area contributed by atoms with Crippen molar-refractivity contribution in [1.29, 1.82) is 0 Å². The first-order chi connectivity index (χ1) is 8.84. The Morgan fingerprint density at radius 2 is 2.11 bits per heavy atom. The Bertz CT molecular complexity index is 418. The highest BCUT2D eigenvalue weighted by Crippen LogP contribution is 2.19. The quantitative estimate of drug-likeness (QED) is 0.851. The zero-order valence-corrected chi connectivity index (χ0v) is 10.6. The Morgan fingerprint density at radius 1 is 1.33 bits per heavy atom. The smallest absolute Gasteiger partial charge is 0.242 e. The third-order valence-electron chi connectivity index (χ3n) is 3.96. The van der Waals surface area contributed by atoms with E-state index in [-0.39, 0.29) is 5.91 Å². The number of hydrogen-bond donors (Lipinski definition) is 1. The normalized spacial score (nSPS) is 20.8. The number of hydrogen-bond acceptors (Lipinski definition) is 3. The molecular formula is C13H20N4O. The van der Waals surface area contributed by atoms with Gasteiger partial charge in [-0.15, -0.1) is 0 Å². The number of nitrogens with one attached hydrogen (secondary N) is 1. The van der Waals surface area contributed by atoms with Crippen molar-refractivity contribution in [2.24, 2.45) is 0 Å². The van der Waals surface area contributed by atoms with Gasteiger partial charge in [0.15, 0.2) is 0 Å². The lowest BCUT2D eigenvalue weighted by molar-refractivity contribution is -0.132. The molecule has 18 heavy (non-hydrogen) atoms. The molecule has 1 N–H and O–H groups in total. The van der Waals surface area contributed by atoms with Gasteiger partial charge in [0.1, 0.15) is 6.54 Å². The maximum Gasteiger partial charge on any atom is 0.242 e. The predicted octanol–water partition coefficient (Wildman–Crippen LogP) is 0.582. The molecule has 1 aromatic rings. The molecule has 2 aliphatic rings. The molecule has 2 aliphatic heterocycles. The van der Waals surface area contributed by atoms with Crippen LogP contribution in [0.5, 0.6) is 0 Å². The number of likely N-dealkylation sites (tertiary alicyclic amines) is 1. The fraction of sp³-hybridized carbons (Fsp3) is 0.692. The third-order valence-corrected chi connectivity index (χ3v) is 3.96. The molecule has 3 heterocycles. The van der Waals surface area contributed by atoms with E-state index in [9.17, 15) is 4.79 Å². The van der Waals surface area contributed by atoms with Gasteiger partial charge in [-0.1, -0.05) is 0 Å². The lowest BCUT2D eigenvalue weighted by Crippen LogP contribution is -2.42. The summed E-state index contributed by atoms with van der Waals surface area (Å²) < 4.78 is 2.02. The zero-order chi connectivity index (χ0) is 12.4. The summed E-state index contributed by atoms with van der Waals surface area (Å²) in [7, 11) is 0. The highest BCUT2D eigenvalue weighted by Gasteiger charge is 2.24. The van der Waals surface area contributed by atoms with E-state index in [1.807, 2.05) is 15.7 Å². The zero-order valence-electron chi connectivity index (χ0n) is 10.6. The molecule has 1 aromatic heterocycles. The van der Waals surface area contributed by atoms with Crippen molar-refractivity contribution < 1.29 is 4.79 Å². The fourth-order valence-corrected chi connectivity index (χ4v) is 2.69. The molecular weight excluding hydrogens is 228 g/mol. The van der Waals surface area contributed by atoms with Gasteiger partial charge in [0.2, 0.25) is 5.91 Å². The topological polar surface area (TPSA) is 50.2 Å². The summed E-state index contributed by atoms with van der Waals surface area (Å²) in [5.74, 6) is 0.767. The summed E-state index contributed by atoms with van der Waals surface area (Å²) in [6.07, 6.45) is 7.24. The number of rotatable bonds is 3. The van der Waals surface area contributed by atoms with E-state index >= 15 is 0 Å². The minimum atomic E-state index is 0.237. The summed E-state index contributed by atoms with van der Waals surface area (Å²) in [5.41, 5.74) is 1.19. The van der Waals surface area contributed by atoms with E-state index in [2.05, 4.69) is 10.3 Å². The van der Waals surface area contributed by atoms with Crippen LogP contribution < -0.4 is 5.32 Å². The second kappa shape index (κ2) is 5.10. The first-order valence-corrected chi connectivity index (χ1v) is 6.83. The minimum Gasteiger partial charge on any atom is -0.341 e. The molecule has 0 atom stereocenters. The number of carbonyl (C=O) groups is 1. The number of carbonyl (C=O) groups excluding carboxylic acids is 1. The molecule has 0 spiro atoms. The van der Waals surface area contributed by atoms with Crippen LogP contribution in [-0.2, 0) is 11.3 Å². The van der Waals surface area contributed by atoms with Gasteiger partial charge >= 0.3 is 0 Å². The van der Waals surface area contributed by atoms with Gasteiger partial charge in [0.25, 0.3) is 0 Å². The van der Waals surface area contributed by atoms with Crippen LogP contribution in [0.3, 0.4) is 0 Å². The van der Waals surface area contributed by atoms with Crippen molar-refractivity contribution in [1.82, 2.24) is 19.8 Å². The number of imidazole rings is 1. The van der Waals surface area contributed by atoms with Crippen LogP contribution >= 0.6 is 0 Å². The molecule has 0 saturated carbocycles. The molecule has 5 nitrogen and oxygen atoms in total. The summed E-state index contributed by atoms with van der Waals surface area (Å²) in [6.45, 7) is 4.31. The van der Waals surface area contributed by atoms with Crippen LogP contribution in [-0.4, -0.2) is 46.5 Å². The molecule has 0 bridgehead atoms. The molecule has 1 amide bonds. The predicted molar refractivity (Wildman–Crippen MR) is 68.3 cm³/mol. The van der Waals surface area contributed by atoms with Crippen molar-refractivity contribution in [3.63, 3.8) is 0 Å². The summed E-state index contributed by atoms with van der Waals surface area (Å²) in [6, 6.07) is 0. The van der Waals surface area contributed by atoms with Crippen LogP contribution in [0.15, 0.2) is 12.5 Å². The minimum absolute atomic E-state index is 0.237. The van der Waals surface area contributed by atoms with Gasteiger partial charge in [-0.05, 0) is 19.3 Å². The van der Waals surface area contributed by atoms with E-state index in [4.69, 9.17) is 0 Å². The average Bonchev–Trinajstić information content (AvgIpc) is 2.76. The van der Waals surface area contributed by atoms with Crippen LogP contribution in [0.2, 0.25) is 0 Å². The number of amides is 1. The lowest BCUT2D eigenvalue weighted by Gasteiger charge is -2.29. The maximum atomic E-state index is 12.2. The molecule has 2 fully saturated rings. The van der Waals surface area contributed by atoms with Gasteiger partial charge < -0.3 is 14.8 Å². The Morgan fingerprint density at radius 3 is 2.78 bits per heavy atom. The van der Waals surface area contributed by atoms with Crippen LogP contribution in [0.25, 0.3) is 0 Å².